The van der Waals surface area contributed by atoms with Crippen LogP contribution in [0.25, 0.3) is 6.08 Å². The summed E-state index contributed by atoms with van der Waals surface area (Å²) < 4.78 is 11.3. The van der Waals surface area contributed by atoms with Gasteiger partial charge in [-0.25, -0.2) is 0 Å². The van der Waals surface area contributed by atoms with Crippen molar-refractivity contribution >= 4 is 51.8 Å². The first-order valence-corrected chi connectivity index (χ1v) is 9.87. The maximum atomic E-state index is 12.9. The number of carbonyl (C=O) groups is 2. The van der Waals surface area contributed by atoms with Gasteiger partial charge in [-0.05, 0) is 49.8 Å². The first-order valence-electron chi connectivity index (χ1n) is 8.64. The molecule has 3 rings (SSSR count). The first kappa shape index (κ1) is 20.1. The zero-order valence-corrected chi connectivity index (χ0v) is 17.4. The Kier molecular flexibility index (Phi) is 6.16. The van der Waals surface area contributed by atoms with E-state index < -0.39 is 0 Å². The van der Waals surface area contributed by atoms with Crippen LogP contribution in [0, 0.1) is 0 Å². The number of carbonyl (C=O) groups excluding carboxylic acids is 2. The van der Waals surface area contributed by atoms with Gasteiger partial charge in [-0.3, -0.25) is 14.5 Å². The molecule has 0 bridgehead atoms. The molecule has 2 aromatic rings. The second-order valence-corrected chi connectivity index (χ2v) is 7.64. The molecule has 1 heterocycles. The maximum absolute atomic E-state index is 12.9. The van der Waals surface area contributed by atoms with Crippen molar-refractivity contribution in [2.45, 2.75) is 13.8 Å². The molecule has 0 aromatic heterocycles. The van der Waals surface area contributed by atoms with E-state index in [0.717, 1.165) is 5.56 Å². The minimum Gasteiger partial charge on any atom is -0.493 e. The molecule has 28 heavy (non-hydrogen) atoms. The van der Waals surface area contributed by atoms with Gasteiger partial charge in [0.1, 0.15) is 0 Å². The molecule has 0 aliphatic carbocycles. The Morgan fingerprint density at radius 2 is 2.00 bits per heavy atom. The van der Waals surface area contributed by atoms with Crippen LogP contribution in [0.15, 0.2) is 47.4 Å². The Bertz CT molecular complexity index is 984. The van der Waals surface area contributed by atoms with E-state index in [1.54, 1.807) is 37.5 Å². The van der Waals surface area contributed by atoms with Gasteiger partial charge in [-0.15, -0.1) is 0 Å². The van der Waals surface area contributed by atoms with Gasteiger partial charge < -0.3 is 9.47 Å². The van der Waals surface area contributed by atoms with Gasteiger partial charge in [-0.1, -0.05) is 42.2 Å². The van der Waals surface area contributed by atoms with Crippen LogP contribution in [0.4, 0.5) is 5.69 Å². The minimum atomic E-state index is -0.219. The summed E-state index contributed by atoms with van der Waals surface area (Å²) in [5.74, 6) is 0.962. The Hall–Kier alpha value is -2.64. The standard InChI is InChI=1S/C21H19NO4S2/c1-4-26-17-9-8-14(10-18(17)25-3)11-19-20(24)22(21(27)28-19)16-7-5-6-15(12-16)13(2)23/h5-12H,4H2,1-3H3/b19-11-. The van der Waals surface area contributed by atoms with Crippen molar-refractivity contribution in [2.75, 3.05) is 18.6 Å². The predicted molar refractivity (Wildman–Crippen MR) is 116 cm³/mol. The largest absolute Gasteiger partial charge is 0.493 e. The summed E-state index contributed by atoms with van der Waals surface area (Å²) >= 11 is 6.63. The fraction of sp³-hybridized carbons (Fsp3) is 0.190. The van der Waals surface area contributed by atoms with Gasteiger partial charge in [0.25, 0.3) is 5.91 Å². The lowest BCUT2D eigenvalue weighted by atomic mass is 10.1. The normalized spacial score (nSPS) is 15.2. The molecule has 1 fully saturated rings. The third kappa shape index (κ3) is 4.10. The number of methoxy groups -OCH3 is 1. The van der Waals surface area contributed by atoms with Crippen LogP contribution in [0.2, 0.25) is 0 Å². The van der Waals surface area contributed by atoms with E-state index in [1.807, 2.05) is 25.1 Å². The van der Waals surface area contributed by atoms with E-state index in [9.17, 15) is 9.59 Å². The Morgan fingerprint density at radius 1 is 1.21 bits per heavy atom. The van der Waals surface area contributed by atoms with E-state index in [-0.39, 0.29) is 11.7 Å². The first-order chi connectivity index (χ1) is 13.4. The molecule has 0 spiro atoms. The molecular weight excluding hydrogens is 394 g/mol. The van der Waals surface area contributed by atoms with Gasteiger partial charge in [0.2, 0.25) is 0 Å². The molecule has 1 saturated heterocycles. The summed E-state index contributed by atoms with van der Waals surface area (Å²) in [6, 6.07) is 12.4. The number of rotatable bonds is 6. The lowest BCUT2D eigenvalue weighted by Crippen LogP contribution is -2.27. The van der Waals surface area contributed by atoms with Gasteiger partial charge in [0.15, 0.2) is 21.6 Å². The number of thiocarbonyl (C=S) groups is 1. The average molecular weight is 414 g/mol. The van der Waals surface area contributed by atoms with E-state index in [1.165, 1.54) is 23.6 Å². The number of hydrogen-bond acceptors (Lipinski definition) is 6. The molecule has 7 heteroatoms. The van der Waals surface area contributed by atoms with E-state index in [4.69, 9.17) is 21.7 Å². The molecule has 0 atom stereocenters. The van der Waals surface area contributed by atoms with Crippen molar-refractivity contribution in [3.05, 3.63) is 58.5 Å². The average Bonchev–Trinajstić information content (AvgIpc) is 2.96. The Labute approximate surface area is 173 Å². The summed E-state index contributed by atoms with van der Waals surface area (Å²) in [5, 5.41) is 0. The summed E-state index contributed by atoms with van der Waals surface area (Å²) in [6.45, 7) is 3.93. The molecule has 1 aliphatic heterocycles. The molecule has 1 aliphatic rings. The van der Waals surface area contributed by atoms with Crippen molar-refractivity contribution in [2.24, 2.45) is 0 Å². The van der Waals surface area contributed by atoms with Gasteiger partial charge in [0, 0.05) is 5.56 Å². The quantitative estimate of drug-likeness (QED) is 0.389. The van der Waals surface area contributed by atoms with Crippen molar-refractivity contribution in [1.29, 1.82) is 0 Å². The zero-order valence-electron chi connectivity index (χ0n) is 15.7. The highest BCUT2D eigenvalue weighted by Gasteiger charge is 2.33. The second kappa shape index (κ2) is 8.58. The summed E-state index contributed by atoms with van der Waals surface area (Å²) in [4.78, 5) is 26.5. The zero-order chi connectivity index (χ0) is 20.3. The highest BCUT2D eigenvalue weighted by molar-refractivity contribution is 8.27. The Balaban J connectivity index is 1.91. The molecule has 0 saturated carbocycles. The number of hydrogen-bond donors (Lipinski definition) is 0. The monoisotopic (exact) mass is 413 g/mol. The molecule has 2 aromatic carbocycles. The number of amides is 1. The van der Waals surface area contributed by atoms with Gasteiger partial charge in [-0.2, -0.15) is 0 Å². The molecule has 0 N–H and O–H groups in total. The highest BCUT2D eigenvalue weighted by Crippen LogP contribution is 2.37. The SMILES string of the molecule is CCOc1ccc(/C=C2\SC(=S)N(c3cccc(C(C)=O)c3)C2=O)cc1OC. The number of ketones is 1. The molecule has 0 unspecified atom stereocenters. The van der Waals surface area contributed by atoms with Crippen LogP contribution in [0.3, 0.4) is 0 Å². The van der Waals surface area contributed by atoms with Crippen LogP contribution in [0.5, 0.6) is 11.5 Å². The van der Waals surface area contributed by atoms with Crippen LogP contribution in [-0.2, 0) is 4.79 Å². The minimum absolute atomic E-state index is 0.0654. The number of anilines is 1. The van der Waals surface area contributed by atoms with Crippen molar-refractivity contribution in [3.8, 4) is 11.5 Å². The fourth-order valence-corrected chi connectivity index (χ4v) is 4.05. The molecular formula is C21H19NO4S2. The van der Waals surface area contributed by atoms with Crippen molar-refractivity contribution < 1.29 is 19.1 Å². The van der Waals surface area contributed by atoms with Crippen LogP contribution in [0.1, 0.15) is 29.8 Å². The summed E-state index contributed by atoms with van der Waals surface area (Å²) in [5.41, 5.74) is 1.92. The predicted octanol–water partition coefficient (Wildman–Crippen LogP) is 4.70. The molecule has 0 radical (unpaired) electrons. The van der Waals surface area contributed by atoms with Crippen LogP contribution >= 0.6 is 24.0 Å². The lowest BCUT2D eigenvalue weighted by Gasteiger charge is -2.15. The lowest BCUT2D eigenvalue weighted by molar-refractivity contribution is -0.113. The molecule has 1 amide bonds. The smallest absolute Gasteiger partial charge is 0.270 e. The van der Waals surface area contributed by atoms with Crippen molar-refractivity contribution in [3.63, 3.8) is 0 Å². The topological polar surface area (TPSA) is 55.8 Å². The summed E-state index contributed by atoms with van der Waals surface area (Å²) in [6.07, 6.45) is 1.77. The number of benzene rings is 2. The second-order valence-electron chi connectivity index (χ2n) is 5.97. The third-order valence-electron chi connectivity index (χ3n) is 4.09. The number of thioether (sulfide) groups is 1. The highest BCUT2D eigenvalue weighted by atomic mass is 32.2. The van der Waals surface area contributed by atoms with Crippen molar-refractivity contribution in [1.82, 2.24) is 0 Å². The number of Topliss-reactive ketones (excluding diaryl/α,β-unsaturated/α-hetero) is 1. The van der Waals surface area contributed by atoms with Gasteiger partial charge >= 0.3 is 0 Å². The van der Waals surface area contributed by atoms with E-state index in [0.29, 0.717) is 38.6 Å². The van der Waals surface area contributed by atoms with Crippen LogP contribution < -0.4 is 14.4 Å². The summed E-state index contributed by atoms with van der Waals surface area (Å²) in [7, 11) is 1.57. The van der Waals surface area contributed by atoms with E-state index >= 15 is 0 Å². The Morgan fingerprint density at radius 3 is 2.68 bits per heavy atom. The number of ether oxygens (including phenoxy) is 2. The molecule has 5 nitrogen and oxygen atoms in total. The third-order valence-corrected chi connectivity index (χ3v) is 5.39. The fourth-order valence-electron chi connectivity index (χ4n) is 2.75. The van der Waals surface area contributed by atoms with Gasteiger partial charge in [0.05, 0.1) is 24.3 Å². The number of nitrogens with zero attached hydrogens (tertiary/aromatic N) is 1. The molecule has 144 valence electrons. The maximum Gasteiger partial charge on any atom is 0.270 e. The van der Waals surface area contributed by atoms with E-state index in [2.05, 4.69) is 0 Å². The van der Waals surface area contributed by atoms with Crippen LogP contribution in [-0.4, -0.2) is 29.7 Å².